The Hall–Kier alpha value is -2.34. The summed E-state index contributed by atoms with van der Waals surface area (Å²) in [6.45, 7) is 2.44. The van der Waals surface area contributed by atoms with Gasteiger partial charge in [0, 0.05) is 24.9 Å². The third-order valence-electron chi connectivity index (χ3n) is 3.16. The van der Waals surface area contributed by atoms with Gasteiger partial charge in [0.05, 0.1) is 12.2 Å². The van der Waals surface area contributed by atoms with E-state index < -0.39 is 5.97 Å². The van der Waals surface area contributed by atoms with Crippen LogP contribution < -0.4 is 5.32 Å². The maximum atomic E-state index is 12.0. The van der Waals surface area contributed by atoms with Crippen molar-refractivity contribution in [2.75, 3.05) is 13.7 Å². The fourth-order valence-corrected chi connectivity index (χ4v) is 2.22. The number of benzene rings is 1. The fourth-order valence-electron chi connectivity index (χ4n) is 2.22. The van der Waals surface area contributed by atoms with Crippen molar-refractivity contribution in [3.63, 3.8) is 0 Å². The molecule has 6 heteroatoms. The van der Waals surface area contributed by atoms with E-state index in [0.717, 1.165) is 10.9 Å². The van der Waals surface area contributed by atoms with Crippen molar-refractivity contribution in [3.8, 4) is 0 Å². The summed E-state index contributed by atoms with van der Waals surface area (Å²) in [5, 5.41) is 12.8. The third-order valence-corrected chi connectivity index (χ3v) is 3.16. The number of ether oxygens (including phenoxy) is 1. The second kappa shape index (κ2) is 6.41. The highest BCUT2D eigenvalue weighted by Gasteiger charge is 2.11. The van der Waals surface area contributed by atoms with Gasteiger partial charge in [0.1, 0.15) is 6.54 Å². The van der Waals surface area contributed by atoms with Crippen molar-refractivity contribution in [2.45, 2.75) is 19.5 Å². The van der Waals surface area contributed by atoms with Crippen LogP contribution in [-0.2, 0) is 16.1 Å². The van der Waals surface area contributed by atoms with E-state index >= 15 is 0 Å². The topological polar surface area (TPSA) is 80.6 Å². The lowest BCUT2D eigenvalue weighted by atomic mass is 10.1. The van der Waals surface area contributed by atoms with Gasteiger partial charge in [-0.15, -0.1) is 0 Å². The van der Waals surface area contributed by atoms with Crippen molar-refractivity contribution in [2.24, 2.45) is 0 Å². The molecular weight excluding hydrogens is 272 g/mol. The molecule has 2 rings (SSSR count). The van der Waals surface area contributed by atoms with Crippen molar-refractivity contribution in [1.82, 2.24) is 9.88 Å². The molecule has 2 aromatic rings. The summed E-state index contributed by atoms with van der Waals surface area (Å²) in [7, 11) is 1.58. The van der Waals surface area contributed by atoms with Crippen LogP contribution in [0.2, 0.25) is 0 Å². The van der Waals surface area contributed by atoms with E-state index in [0.29, 0.717) is 6.61 Å². The Morgan fingerprint density at radius 2 is 2.14 bits per heavy atom. The van der Waals surface area contributed by atoms with E-state index in [9.17, 15) is 9.59 Å². The first kappa shape index (κ1) is 15.1. The zero-order chi connectivity index (χ0) is 15.4. The Morgan fingerprint density at radius 3 is 2.81 bits per heavy atom. The first-order valence-corrected chi connectivity index (χ1v) is 6.61. The number of carbonyl (C=O) groups excluding carboxylic acids is 1. The van der Waals surface area contributed by atoms with Gasteiger partial charge in [0.15, 0.2) is 0 Å². The Morgan fingerprint density at radius 1 is 1.38 bits per heavy atom. The number of aromatic carboxylic acids is 1. The second-order valence-electron chi connectivity index (χ2n) is 4.95. The molecule has 1 amide bonds. The fraction of sp³-hybridized carbons (Fsp3) is 0.333. The van der Waals surface area contributed by atoms with Crippen molar-refractivity contribution in [3.05, 3.63) is 36.0 Å². The van der Waals surface area contributed by atoms with Crippen LogP contribution in [0.4, 0.5) is 0 Å². The Labute approximate surface area is 122 Å². The van der Waals surface area contributed by atoms with E-state index in [1.165, 1.54) is 0 Å². The maximum Gasteiger partial charge on any atom is 0.335 e. The highest BCUT2D eigenvalue weighted by Crippen LogP contribution is 2.17. The molecule has 6 nitrogen and oxygen atoms in total. The molecule has 1 aromatic carbocycles. The zero-order valence-corrected chi connectivity index (χ0v) is 12.0. The molecule has 0 aliphatic heterocycles. The number of carboxylic acid groups (broad SMARTS) is 1. The molecule has 1 aromatic heterocycles. The van der Waals surface area contributed by atoms with Gasteiger partial charge < -0.3 is 19.7 Å². The predicted octanol–water partition coefficient (Wildman–Crippen LogP) is 1.49. The van der Waals surface area contributed by atoms with Crippen LogP contribution >= 0.6 is 0 Å². The molecule has 1 atom stereocenters. The van der Waals surface area contributed by atoms with Crippen molar-refractivity contribution >= 4 is 22.8 Å². The first-order valence-electron chi connectivity index (χ1n) is 6.61. The van der Waals surface area contributed by atoms with Crippen molar-refractivity contribution in [1.29, 1.82) is 0 Å². The first-order chi connectivity index (χ1) is 10.0. The van der Waals surface area contributed by atoms with Crippen LogP contribution in [0.15, 0.2) is 30.5 Å². The Kier molecular flexibility index (Phi) is 4.59. The van der Waals surface area contributed by atoms with Crippen LogP contribution in [0.5, 0.6) is 0 Å². The van der Waals surface area contributed by atoms with Crippen LogP contribution in [0.25, 0.3) is 10.9 Å². The van der Waals surface area contributed by atoms with E-state index in [4.69, 9.17) is 9.84 Å². The number of nitrogens with zero attached hydrogens (tertiary/aromatic N) is 1. The second-order valence-corrected chi connectivity index (χ2v) is 4.95. The molecule has 21 heavy (non-hydrogen) atoms. The summed E-state index contributed by atoms with van der Waals surface area (Å²) in [5.74, 6) is -1.12. The van der Waals surface area contributed by atoms with Crippen LogP contribution in [0, 0.1) is 0 Å². The number of methoxy groups -OCH3 is 1. The maximum absolute atomic E-state index is 12.0. The molecule has 0 aliphatic carbocycles. The monoisotopic (exact) mass is 290 g/mol. The molecular formula is C15H18N2O4. The molecule has 0 saturated carbocycles. The molecule has 0 spiro atoms. The zero-order valence-electron chi connectivity index (χ0n) is 12.0. The largest absolute Gasteiger partial charge is 0.478 e. The molecule has 0 fully saturated rings. The quantitative estimate of drug-likeness (QED) is 0.844. The molecule has 0 bridgehead atoms. The highest BCUT2D eigenvalue weighted by molar-refractivity contribution is 5.94. The van der Waals surface area contributed by atoms with Gasteiger partial charge in [-0.1, -0.05) is 6.07 Å². The van der Waals surface area contributed by atoms with Gasteiger partial charge >= 0.3 is 5.97 Å². The van der Waals surface area contributed by atoms with Gasteiger partial charge in [-0.2, -0.15) is 0 Å². The van der Waals surface area contributed by atoms with Gasteiger partial charge in [-0.05, 0) is 30.5 Å². The minimum atomic E-state index is -0.984. The number of nitrogens with one attached hydrogen (secondary N) is 1. The van der Waals surface area contributed by atoms with Gasteiger partial charge in [0.25, 0.3) is 0 Å². The summed E-state index contributed by atoms with van der Waals surface area (Å²) in [6, 6.07) is 6.64. The van der Waals surface area contributed by atoms with E-state index in [1.807, 2.05) is 13.0 Å². The van der Waals surface area contributed by atoms with E-state index in [2.05, 4.69) is 5.32 Å². The molecule has 0 saturated heterocycles. The summed E-state index contributed by atoms with van der Waals surface area (Å²) >= 11 is 0. The Bertz CT molecular complexity index is 663. The standard InChI is InChI=1S/C15H18N2O4/c1-10(9-21-2)16-14(18)8-17-6-5-11-3-4-12(15(19)20)7-13(11)17/h3-7,10H,8-9H2,1-2H3,(H,16,18)(H,19,20). The Balaban J connectivity index is 2.16. The smallest absolute Gasteiger partial charge is 0.335 e. The number of amides is 1. The normalized spacial score (nSPS) is 12.3. The number of carboxylic acids is 1. The summed E-state index contributed by atoms with van der Waals surface area (Å²) < 4.78 is 6.70. The molecule has 112 valence electrons. The number of rotatable bonds is 6. The minimum absolute atomic E-state index is 0.0705. The molecule has 1 heterocycles. The lowest BCUT2D eigenvalue weighted by Crippen LogP contribution is -2.37. The third kappa shape index (κ3) is 3.61. The summed E-state index contributed by atoms with van der Waals surface area (Å²) in [6.07, 6.45) is 1.77. The number of aromatic nitrogens is 1. The van der Waals surface area contributed by atoms with Crippen LogP contribution in [0.3, 0.4) is 0 Å². The number of hydrogen-bond donors (Lipinski definition) is 2. The lowest BCUT2D eigenvalue weighted by Gasteiger charge is -2.13. The van der Waals surface area contributed by atoms with Gasteiger partial charge in [0.2, 0.25) is 5.91 Å². The molecule has 2 N–H and O–H groups in total. The number of fused-ring (bicyclic) bond motifs is 1. The lowest BCUT2D eigenvalue weighted by molar-refractivity contribution is -0.122. The highest BCUT2D eigenvalue weighted by atomic mass is 16.5. The van der Waals surface area contributed by atoms with Gasteiger partial charge in [-0.25, -0.2) is 4.79 Å². The molecule has 1 unspecified atom stereocenters. The van der Waals surface area contributed by atoms with Crippen LogP contribution in [-0.4, -0.2) is 41.3 Å². The SMILES string of the molecule is COCC(C)NC(=O)Cn1ccc2ccc(C(=O)O)cc21. The number of carbonyl (C=O) groups is 2. The molecule has 0 radical (unpaired) electrons. The van der Waals surface area contributed by atoms with Crippen molar-refractivity contribution < 1.29 is 19.4 Å². The minimum Gasteiger partial charge on any atom is -0.478 e. The van der Waals surface area contributed by atoms with E-state index in [1.54, 1.807) is 36.1 Å². The average molecular weight is 290 g/mol. The molecule has 0 aliphatic rings. The summed E-state index contributed by atoms with van der Waals surface area (Å²) in [4.78, 5) is 23.0. The van der Waals surface area contributed by atoms with Gasteiger partial charge in [-0.3, -0.25) is 4.79 Å². The van der Waals surface area contributed by atoms with Crippen LogP contribution in [0.1, 0.15) is 17.3 Å². The van der Waals surface area contributed by atoms with E-state index in [-0.39, 0.29) is 24.1 Å². The number of hydrogen-bond acceptors (Lipinski definition) is 3. The average Bonchev–Trinajstić information content (AvgIpc) is 2.81. The summed E-state index contributed by atoms with van der Waals surface area (Å²) in [5.41, 5.74) is 0.931. The predicted molar refractivity (Wildman–Crippen MR) is 78.4 cm³/mol.